The second kappa shape index (κ2) is 6.43. The highest BCUT2D eigenvalue weighted by Gasteiger charge is 2.39. The van der Waals surface area contributed by atoms with E-state index in [9.17, 15) is 4.79 Å². The van der Waals surface area contributed by atoms with E-state index in [1.165, 1.54) is 11.9 Å². The smallest absolute Gasteiger partial charge is 0.258 e. The topological polar surface area (TPSA) is 93.4 Å². The lowest BCUT2D eigenvalue weighted by atomic mass is 10.0. The molecule has 0 saturated heterocycles. The van der Waals surface area contributed by atoms with Crippen molar-refractivity contribution in [1.29, 1.82) is 0 Å². The molecule has 1 fully saturated rings. The van der Waals surface area contributed by atoms with Crippen LogP contribution in [-0.4, -0.2) is 45.0 Å². The summed E-state index contributed by atoms with van der Waals surface area (Å²) in [5.74, 6) is 1.76. The molecule has 0 spiro atoms. The van der Waals surface area contributed by atoms with Crippen molar-refractivity contribution in [3.8, 4) is 5.88 Å². The number of hydrogen-bond donors (Lipinski definition) is 1. The highest BCUT2D eigenvalue weighted by Crippen LogP contribution is 2.40. The van der Waals surface area contributed by atoms with Crippen LogP contribution >= 0.6 is 0 Å². The first-order chi connectivity index (χ1) is 14.0. The number of nitrogens with zero attached hydrogens (tertiary/aromatic N) is 4. The Balaban J connectivity index is 1.50. The van der Waals surface area contributed by atoms with Crippen LogP contribution < -0.4 is 10.1 Å². The molecule has 0 aromatic carbocycles. The van der Waals surface area contributed by atoms with Gasteiger partial charge in [0.05, 0.1) is 18.1 Å². The van der Waals surface area contributed by atoms with Crippen molar-refractivity contribution in [2.45, 2.75) is 45.2 Å². The van der Waals surface area contributed by atoms with Gasteiger partial charge >= 0.3 is 0 Å². The van der Waals surface area contributed by atoms with E-state index < -0.39 is 0 Å². The first-order valence-electron chi connectivity index (χ1n) is 9.81. The van der Waals surface area contributed by atoms with Gasteiger partial charge in [-0.05, 0) is 44.2 Å². The number of aromatic nitrogens is 3. The molecule has 3 aromatic heterocycles. The van der Waals surface area contributed by atoms with Crippen LogP contribution in [0.3, 0.4) is 0 Å². The van der Waals surface area contributed by atoms with Crippen molar-refractivity contribution in [1.82, 2.24) is 19.9 Å². The molecular formula is C21H23N5O3. The van der Waals surface area contributed by atoms with Crippen molar-refractivity contribution in [3.05, 3.63) is 41.0 Å². The number of carbonyl (C=O) groups excluding carboxylic acids is 1. The Hall–Kier alpha value is -3.16. The third-order valence-electron chi connectivity index (χ3n) is 5.86. The molecule has 1 amide bonds. The molecule has 0 unspecified atom stereocenters. The number of carbonyl (C=O) groups is 1. The van der Waals surface area contributed by atoms with Crippen molar-refractivity contribution in [2.24, 2.45) is 0 Å². The third-order valence-corrected chi connectivity index (χ3v) is 5.86. The van der Waals surface area contributed by atoms with Crippen molar-refractivity contribution in [3.63, 3.8) is 0 Å². The van der Waals surface area contributed by atoms with E-state index in [4.69, 9.17) is 9.15 Å². The monoisotopic (exact) mass is 393 g/mol. The fraction of sp³-hybridized carbons (Fsp3) is 0.429. The summed E-state index contributed by atoms with van der Waals surface area (Å²) in [6, 6.07) is 1.95. The van der Waals surface area contributed by atoms with Crippen LogP contribution in [0.15, 0.2) is 23.0 Å². The molecule has 3 aromatic rings. The van der Waals surface area contributed by atoms with E-state index in [1.807, 2.05) is 17.9 Å². The Bertz CT molecular complexity index is 1120. The number of hydrogen-bond acceptors (Lipinski definition) is 7. The Morgan fingerprint density at radius 3 is 2.86 bits per heavy atom. The van der Waals surface area contributed by atoms with Crippen molar-refractivity contribution in [2.75, 3.05) is 19.0 Å². The average Bonchev–Trinajstić information content (AvgIpc) is 3.34. The molecular weight excluding hydrogens is 370 g/mol. The fourth-order valence-corrected chi connectivity index (χ4v) is 3.86. The molecule has 0 atom stereocenters. The molecule has 1 N–H and O–H groups in total. The molecule has 8 nitrogen and oxygen atoms in total. The van der Waals surface area contributed by atoms with Gasteiger partial charge in [-0.25, -0.2) is 15.0 Å². The van der Waals surface area contributed by atoms with Crippen LogP contribution in [-0.2, 0) is 13.0 Å². The maximum Gasteiger partial charge on any atom is 0.258 e. The number of ether oxygens (including phenoxy) is 1. The van der Waals surface area contributed by atoms with Gasteiger partial charge in [0.15, 0.2) is 0 Å². The molecule has 1 aliphatic heterocycles. The van der Waals surface area contributed by atoms with E-state index in [0.29, 0.717) is 47.2 Å². The summed E-state index contributed by atoms with van der Waals surface area (Å²) in [6.45, 7) is 5.09. The number of furan rings is 1. The van der Waals surface area contributed by atoms with Crippen LogP contribution in [0.1, 0.15) is 47.0 Å². The standard InChI is InChI=1S/C21H23N5O3/c1-12-16(17-18(25-21(2)5-6-21)23-11-24-19(17)29-12)20(27)26-7-4-13-8-15(28-3)22-9-14(13)10-26/h8-9,11H,4-7,10H2,1-3H3,(H,23,24,25). The van der Waals surface area contributed by atoms with Gasteiger partial charge in [0.25, 0.3) is 5.91 Å². The van der Waals surface area contributed by atoms with Gasteiger partial charge in [-0.2, -0.15) is 0 Å². The number of nitrogens with one attached hydrogen (secondary N) is 1. The van der Waals surface area contributed by atoms with Crippen molar-refractivity contribution < 1.29 is 13.9 Å². The molecule has 1 saturated carbocycles. The highest BCUT2D eigenvalue weighted by atomic mass is 16.5. The number of amides is 1. The summed E-state index contributed by atoms with van der Waals surface area (Å²) in [5.41, 5.74) is 3.22. The van der Waals surface area contributed by atoms with E-state index in [0.717, 1.165) is 24.8 Å². The predicted molar refractivity (Wildman–Crippen MR) is 107 cm³/mol. The average molecular weight is 393 g/mol. The Morgan fingerprint density at radius 2 is 2.10 bits per heavy atom. The summed E-state index contributed by atoms with van der Waals surface area (Å²) in [4.78, 5) is 28.3. The lowest BCUT2D eigenvalue weighted by molar-refractivity contribution is 0.0734. The first-order valence-corrected chi connectivity index (χ1v) is 9.81. The van der Waals surface area contributed by atoms with E-state index >= 15 is 0 Å². The molecule has 5 rings (SSSR count). The maximum absolute atomic E-state index is 13.5. The minimum atomic E-state index is -0.0680. The fourth-order valence-electron chi connectivity index (χ4n) is 3.86. The predicted octanol–water partition coefficient (Wildman–Crippen LogP) is 3.10. The van der Waals surface area contributed by atoms with Gasteiger partial charge in [0.2, 0.25) is 11.6 Å². The van der Waals surface area contributed by atoms with Gasteiger partial charge in [0.1, 0.15) is 17.9 Å². The summed E-state index contributed by atoms with van der Waals surface area (Å²) >= 11 is 0. The van der Waals surface area contributed by atoms with Gasteiger partial charge < -0.3 is 19.4 Å². The number of fused-ring (bicyclic) bond motifs is 2. The first kappa shape index (κ1) is 17.9. The molecule has 0 radical (unpaired) electrons. The molecule has 2 aliphatic rings. The second-order valence-electron chi connectivity index (χ2n) is 8.09. The van der Waals surface area contributed by atoms with Crippen LogP contribution in [0.4, 0.5) is 5.82 Å². The second-order valence-corrected chi connectivity index (χ2v) is 8.09. The molecule has 8 heteroatoms. The minimum absolute atomic E-state index is 0.0293. The largest absolute Gasteiger partial charge is 0.481 e. The summed E-state index contributed by atoms with van der Waals surface area (Å²) < 4.78 is 11.0. The number of rotatable bonds is 4. The Labute approximate surface area is 168 Å². The highest BCUT2D eigenvalue weighted by molar-refractivity contribution is 6.10. The number of anilines is 1. The van der Waals surface area contributed by atoms with Gasteiger partial charge in [0, 0.05) is 30.9 Å². The summed E-state index contributed by atoms with van der Waals surface area (Å²) in [7, 11) is 1.61. The van der Waals surface area contributed by atoms with Gasteiger partial charge in [-0.15, -0.1) is 0 Å². The number of methoxy groups -OCH3 is 1. The summed E-state index contributed by atoms with van der Waals surface area (Å²) in [6.07, 6.45) is 6.19. The maximum atomic E-state index is 13.5. The lowest BCUT2D eigenvalue weighted by Crippen LogP contribution is -2.36. The van der Waals surface area contributed by atoms with E-state index in [2.05, 4.69) is 27.2 Å². The third kappa shape index (κ3) is 3.08. The lowest BCUT2D eigenvalue weighted by Gasteiger charge is -2.29. The van der Waals surface area contributed by atoms with Crippen molar-refractivity contribution >= 4 is 22.8 Å². The van der Waals surface area contributed by atoms with Gasteiger partial charge in [-0.3, -0.25) is 4.79 Å². The molecule has 4 heterocycles. The van der Waals surface area contributed by atoms with Crippen LogP contribution in [0.5, 0.6) is 5.88 Å². The Kier molecular flexibility index (Phi) is 3.97. The molecule has 0 bridgehead atoms. The zero-order valence-corrected chi connectivity index (χ0v) is 16.8. The van der Waals surface area contributed by atoms with Gasteiger partial charge in [-0.1, -0.05) is 0 Å². The zero-order valence-electron chi connectivity index (χ0n) is 16.8. The molecule has 1 aliphatic carbocycles. The minimum Gasteiger partial charge on any atom is -0.481 e. The number of pyridine rings is 1. The van der Waals surface area contributed by atoms with Crippen LogP contribution in [0.2, 0.25) is 0 Å². The summed E-state index contributed by atoms with van der Waals surface area (Å²) in [5, 5.41) is 4.14. The SMILES string of the molecule is COc1cc2c(cn1)CN(C(=O)c1c(C)oc3ncnc(NC4(C)CC4)c13)CC2. The normalized spacial score (nSPS) is 17.1. The Morgan fingerprint density at radius 1 is 1.28 bits per heavy atom. The molecule has 150 valence electrons. The van der Waals surface area contributed by atoms with Crippen LogP contribution in [0.25, 0.3) is 11.1 Å². The quantitative estimate of drug-likeness (QED) is 0.728. The van der Waals surface area contributed by atoms with Crippen LogP contribution in [0, 0.1) is 6.92 Å². The zero-order chi connectivity index (χ0) is 20.2. The molecule has 29 heavy (non-hydrogen) atoms. The number of aryl methyl sites for hydroxylation is 1. The van der Waals surface area contributed by atoms with E-state index in [1.54, 1.807) is 13.3 Å². The van der Waals surface area contributed by atoms with E-state index in [-0.39, 0.29) is 11.4 Å².